The van der Waals surface area contributed by atoms with Gasteiger partial charge in [-0.25, -0.2) is 0 Å². The van der Waals surface area contributed by atoms with Crippen LogP contribution in [0.25, 0.3) is 0 Å². The van der Waals surface area contributed by atoms with Gasteiger partial charge in [-0.3, -0.25) is 4.90 Å². The fourth-order valence-electron chi connectivity index (χ4n) is 2.94. The third-order valence-corrected chi connectivity index (χ3v) is 4.21. The van der Waals surface area contributed by atoms with E-state index < -0.39 is 0 Å². The van der Waals surface area contributed by atoms with Crippen LogP contribution in [0.1, 0.15) is 28.3 Å². The maximum absolute atomic E-state index is 6.00. The Morgan fingerprint density at radius 3 is 2.58 bits per heavy atom. The molecule has 0 N–H and O–H groups in total. The lowest BCUT2D eigenvalue weighted by atomic mass is 9.87. The fraction of sp³-hybridized carbons (Fsp3) is 0.294. The van der Waals surface area contributed by atoms with Crippen LogP contribution in [0.2, 0.25) is 5.02 Å². The highest BCUT2D eigenvalue weighted by Crippen LogP contribution is 2.34. The molecule has 0 aliphatic carbocycles. The average Bonchev–Trinajstić information content (AvgIpc) is 2.40. The zero-order valence-corrected chi connectivity index (χ0v) is 12.1. The molecular formula is C17H18ClN. The van der Waals surface area contributed by atoms with Gasteiger partial charge in [0, 0.05) is 11.6 Å². The van der Waals surface area contributed by atoms with Crippen LogP contribution < -0.4 is 0 Å². The van der Waals surface area contributed by atoms with Crippen LogP contribution in [-0.2, 0) is 6.42 Å². The van der Waals surface area contributed by atoms with E-state index in [0.29, 0.717) is 6.04 Å². The van der Waals surface area contributed by atoms with E-state index in [1.165, 1.54) is 22.3 Å². The van der Waals surface area contributed by atoms with Crippen LogP contribution in [0.4, 0.5) is 0 Å². The van der Waals surface area contributed by atoms with Crippen molar-refractivity contribution < 1.29 is 0 Å². The van der Waals surface area contributed by atoms with Crippen molar-refractivity contribution in [3.8, 4) is 0 Å². The van der Waals surface area contributed by atoms with Crippen LogP contribution in [0.15, 0.2) is 42.5 Å². The predicted octanol–water partition coefficient (Wildman–Crippen LogP) is 4.23. The zero-order chi connectivity index (χ0) is 13.4. The molecule has 1 aliphatic rings. The van der Waals surface area contributed by atoms with E-state index in [-0.39, 0.29) is 0 Å². The summed E-state index contributed by atoms with van der Waals surface area (Å²) >= 11 is 6.00. The molecule has 0 fully saturated rings. The summed E-state index contributed by atoms with van der Waals surface area (Å²) in [6.07, 6.45) is 1.14. The van der Waals surface area contributed by atoms with Gasteiger partial charge in [0.15, 0.2) is 0 Å². The second-order valence-electron chi connectivity index (χ2n) is 5.39. The Balaban J connectivity index is 2.10. The minimum absolute atomic E-state index is 0.348. The van der Waals surface area contributed by atoms with Gasteiger partial charge in [0.2, 0.25) is 0 Å². The van der Waals surface area contributed by atoms with Gasteiger partial charge < -0.3 is 0 Å². The maximum atomic E-state index is 6.00. The van der Waals surface area contributed by atoms with Gasteiger partial charge in [-0.1, -0.05) is 47.5 Å². The predicted molar refractivity (Wildman–Crippen MR) is 80.8 cm³/mol. The standard InChI is InChI=1S/C17H18ClN/c1-12-3-4-13-9-10-19(2)17(16(13)11-12)14-5-7-15(18)8-6-14/h3-8,11,17H,9-10H2,1-2H3. The Morgan fingerprint density at radius 2 is 1.84 bits per heavy atom. The van der Waals surface area contributed by atoms with Crippen molar-refractivity contribution in [1.82, 2.24) is 4.90 Å². The molecule has 2 aromatic rings. The van der Waals surface area contributed by atoms with E-state index in [0.717, 1.165) is 18.0 Å². The van der Waals surface area contributed by atoms with Gasteiger partial charge in [-0.15, -0.1) is 0 Å². The molecule has 98 valence electrons. The van der Waals surface area contributed by atoms with Crippen LogP contribution in [-0.4, -0.2) is 18.5 Å². The second-order valence-corrected chi connectivity index (χ2v) is 5.82. The zero-order valence-electron chi connectivity index (χ0n) is 11.4. The molecule has 2 heteroatoms. The molecule has 1 nitrogen and oxygen atoms in total. The number of likely N-dealkylation sites (N-methyl/N-ethyl adjacent to an activating group) is 1. The summed E-state index contributed by atoms with van der Waals surface area (Å²) in [5.41, 5.74) is 5.56. The van der Waals surface area contributed by atoms with Gasteiger partial charge in [0.05, 0.1) is 6.04 Å². The van der Waals surface area contributed by atoms with Crippen molar-refractivity contribution in [2.45, 2.75) is 19.4 Å². The Labute approximate surface area is 119 Å². The van der Waals surface area contributed by atoms with Crippen LogP contribution in [0, 0.1) is 6.92 Å². The van der Waals surface area contributed by atoms with E-state index in [1.54, 1.807) is 0 Å². The minimum atomic E-state index is 0.348. The minimum Gasteiger partial charge on any atom is -0.295 e. The molecule has 1 heterocycles. The molecule has 0 saturated carbocycles. The Kier molecular flexibility index (Phi) is 3.34. The van der Waals surface area contributed by atoms with E-state index in [2.05, 4.69) is 49.2 Å². The number of hydrogen-bond acceptors (Lipinski definition) is 1. The normalized spacial score (nSPS) is 19.2. The molecule has 1 unspecified atom stereocenters. The highest BCUT2D eigenvalue weighted by molar-refractivity contribution is 6.30. The Bertz CT molecular complexity index is 589. The fourth-order valence-corrected chi connectivity index (χ4v) is 3.07. The molecule has 0 aromatic heterocycles. The van der Waals surface area contributed by atoms with Gasteiger partial charge in [-0.2, -0.15) is 0 Å². The monoisotopic (exact) mass is 271 g/mol. The van der Waals surface area contributed by atoms with Crippen molar-refractivity contribution >= 4 is 11.6 Å². The summed E-state index contributed by atoms with van der Waals surface area (Å²) in [5, 5.41) is 0.798. The van der Waals surface area contributed by atoms with Crippen molar-refractivity contribution in [2.24, 2.45) is 0 Å². The summed E-state index contributed by atoms with van der Waals surface area (Å²) in [6, 6.07) is 15.4. The summed E-state index contributed by atoms with van der Waals surface area (Å²) < 4.78 is 0. The van der Waals surface area contributed by atoms with Crippen LogP contribution >= 0.6 is 11.6 Å². The number of nitrogens with zero attached hydrogens (tertiary/aromatic N) is 1. The SMILES string of the molecule is Cc1ccc2c(c1)C(c1ccc(Cl)cc1)N(C)CC2. The number of fused-ring (bicyclic) bond motifs is 1. The second kappa shape index (κ2) is 4.99. The number of benzene rings is 2. The smallest absolute Gasteiger partial charge is 0.0602 e. The molecule has 0 bridgehead atoms. The third kappa shape index (κ3) is 2.41. The first-order valence-electron chi connectivity index (χ1n) is 6.70. The summed E-state index contributed by atoms with van der Waals surface area (Å²) in [4.78, 5) is 2.42. The maximum Gasteiger partial charge on any atom is 0.0602 e. The lowest BCUT2D eigenvalue weighted by Crippen LogP contribution is -2.32. The lowest BCUT2D eigenvalue weighted by molar-refractivity contribution is 0.264. The summed E-state index contributed by atoms with van der Waals surface area (Å²) in [7, 11) is 2.20. The Hall–Kier alpha value is -1.31. The molecule has 1 aliphatic heterocycles. The third-order valence-electron chi connectivity index (χ3n) is 3.96. The molecule has 1 atom stereocenters. The van der Waals surface area contributed by atoms with Crippen LogP contribution in [0.5, 0.6) is 0 Å². The van der Waals surface area contributed by atoms with Crippen molar-refractivity contribution in [3.63, 3.8) is 0 Å². The molecular weight excluding hydrogens is 254 g/mol. The quantitative estimate of drug-likeness (QED) is 0.750. The molecule has 3 rings (SSSR count). The first kappa shape index (κ1) is 12.7. The van der Waals surface area contributed by atoms with Crippen molar-refractivity contribution in [3.05, 3.63) is 69.7 Å². The molecule has 0 amide bonds. The van der Waals surface area contributed by atoms with Gasteiger partial charge >= 0.3 is 0 Å². The molecule has 19 heavy (non-hydrogen) atoms. The Morgan fingerprint density at radius 1 is 1.11 bits per heavy atom. The van der Waals surface area contributed by atoms with Gasteiger partial charge in [0.25, 0.3) is 0 Å². The summed E-state index contributed by atoms with van der Waals surface area (Å²) in [5.74, 6) is 0. The van der Waals surface area contributed by atoms with E-state index in [4.69, 9.17) is 11.6 Å². The number of hydrogen-bond donors (Lipinski definition) is 0. The van der Waals surface area contributed by atoms with Gasteiger partial charge in [-0.05, 0) is 49.2 Å². The number of rotatable bonds is 1. The molecule has 0 saturated heterocycles. The lowest BCUT2D eigenvalue weighted by Gasteiger charge is -2.35. The first-order valence-corrected chi connectivity index (χ1v) is 7.08. The van der Waals surface area contributed by atoms with Gasteiger partial charge in [0.1, 0.15) is 0 Å². The molecule has 0 spiro atoms. The van der Waals surface area contributed by atoms with E-state index in [9.17, 15) is 0 Å². The van der Waals surface area contributed by atoms with Crippen molar-refractivity contribution in [1.29, 1.82) is 0 Å². The highest BCUT2D eigenvalue weighted by atomic mass is 35.5. The largest absolute Gasteiger partial charge is 0.295 e. The summed E-state index contributed by atoms with van der Waals surface area (Å²) in [6.45, 7) is 3.26. The first-order chi connectivity index (χ1) is 9.15. The topological polar surface area (TPSA) is 3.24 Å². The van der Waals surface area contributed by atoms with Crippen LogP contribution in [0.3, 0.4) is 0 Å². The van der Waals surface area contributed by atoms with E-state index >= 15 is 0 Å². The highest BCUT2D eigenvalue weighted by Gasteiger charge is 2.25. The molecule has 2 aromatic carbocycles. The van der Waals surface area contributed by atoms with E-state index in [1.807, 2.05) is 12.1 Å². The number of halogens is 1. The number of aryl methyl sites for hydroxylation is 1. The van der Waals surface area contributed by atoms with Crippen molar-refractivity contribution in [2.75, 3.05) is 13.6 Å². The molecule has 0 radical (unpaired) electrons. The average molecular weight is 272 g/mol.